The van der Waals surface area contributed by atoms with Crippen LogP contribution in [0.15, 0.2) is 24.3 Å². The molecule has 0 radical (unpaired) electrons. The predicted octanol–water partition coefficient (Wildman–Crippen LogP) is 2.53. The quantitative estimate of drug-likeness (QED) is 0.767. The number of ether oxygens (including phenoxy) is 1. The second kappa shape index (κ2) is 4.98. The monoisotopic (exact) mass is 248 g/mol. The number of carbonyl (C=O) groups excluding carboxylic acids is 1. The van der Waals surface area contributed by atoms with Gasteiger partial charge in [0.1, 0.15) is 5.60 Å². The Kier molecular flexibility index (Phi) is 3.57. The van der Waals surface area contributed by atoms with E-state index in [2.05, 4.69) is 5.32 Å². The van der Waals surface area contributed by atoms with Crippen LogP contribution in [0, 0.1) is 0 Å². The van der Waals surface area contributed by atoms with Gasteiger partial charge in [-0.3, -0.25) is 4.90 Å². The third kappa shape index (κ3) is 3.01. The third-order valence-corrected chi connectivity index (χ3v) is 2.72. The molecule has 0 saturated carbocycles. The highest BCUT2D eigenvalue weighted by Crippen LogP contribution is 2.24. The Morgan fingerprint density at radius 3 is 2.78 bits per heavy atom. The van der Waals surface area contributed by atoms with E-state index in [1.165, 1.54) is 0 Å². The molecule has 1 aromatic carbocycles. The standard InChI is InChI=1S/C14H20N2O2/c1-14(2,3)18-13(17)16-9-8-15-10-11-6-4-5-7-12(11)16/h4-7,15H,8-10H2,1-3H3. The van der Waals surface area contributed by atoms with Crippen molar-refractivity contribution < 1.29 is 9.53 Å². The summed E-state index contributed by atoms with van der Waals surface area (Å²) in [4.78, 5) is 13.9. The molecule has 98 valence electrons. The number of anilines is 1. The van der Waals surface area contributed by atoms with E-state index in [4.69, 9.17) is 4.74 Å². The highest BCUT2D eigenvalue weighted by atomic mass is 16.6. The first-order valence-corrected chi connectivity index (χ1v) is 6.26. The molecule has 4 heteroatoms. The molecule has 1 aliphatic heterocycles. The van der Waals surface area contributed by atoms with E-state index < -0.39 is 5.60 Å². The SMILES string of the molecule is CC(C)(C)OC(=O)N1CCNCc2ccccc21. The number of amides is 1. The third-order valence-electron chi connectivity index (χ3n) is 2.72. The molecule has 1 aliphatic rings. The zero-order valence-corrected chi connectivity index (χ0v) is 11.2. The topological polar surface area (TPSA) is 41.6 Å². The Morgan fingerprint density at radius 1 is 1.33 bits per heavy atom. The first-order chi connectivity index (χ1) is 8.47. The molecule has 0 spiro atoms. The molecule has 0 aliphatic carbocycles. The van der Waals surface area contributed by atoms with Gasteiger partial charge in [-0.1, -0.05) is 18.2 Å². The van der Waals surface area contributed by atoms with E-state index in [0.717, 1.165) is 24.3 Å². The zero-order valence-electron chi connectivity index (χ0n) is 11.2. The Bertz CT molecular complexity index is 438. The maximum Gasteiger partial charge on any atom is 0.414 e. The molecule has 0 aromatic heterocycles. The van der Waals surface area contributed by atoms with Crippen molar-refractivity contribution in [3.05, 3.63) is 29.8 Å². The van der Waals surface area contributed by atoms with Gasteiger partial charge < -0.3 is 10.1 Å². The number of nitrogens with zero attached hydrogens (tertiary/aromatic N) is 1. The highest BCUT2D eigenvalue weighted by Gasteiger charge is 2.25. The number of hydrogen-bond acceptors (Lipinski definition) is 3. The van der Waals surface area contributed by atoms with Crippen LogP contribution in [-0.4, -0.2) is 24.8 Å². The van der Waals surface area contributed by atoms with Crippen molar-refractivity contribution in [1.29, 1.82) is 0 Å². The fraction of sp³-hybridized carbons (Fsp3) is 0.500. The van der Waals surface area contributed by atoms with Crippen molar-refractivity contribution in [3.8, 4) is 0 Å². The first kappa shape index (κ1) is 12.9. The van der Waals surface area contributed by atoms with Crippen molar-refractivity contribution in [2.45, 2.75) is 32.9 Å². The molecule has 0 bridgehead atoms. The predicted molar refractivity (Wildman–Crippen MR) is 71.7 cm³/mol. The largest absolute Gasteiger partial charge is 0.443 e. The molecule has 0 atom stereocenters. The average molecular weight is 248 g/mol. The van der Waals surface area contributed by atoms with Crippen LogP contribution in [0.1, 0.15) is 26.3 Å². The summed E-state index contributed by atoms with van der Waals surface area (Å²) in [6.45, 7) is 7.84. The summed E-state index contributed by atoms with van der Waals surface area (Å²) < 4.78 is 5.45. The fourth-order valence-corrected chi connectivity index (χ4v) is 1.96. The summed E-state index contributed by atoms with van der Waals surface area (Å²) in [5.41, 5.74) is 1.60. The Labute approximate surface area is 108 Å². The van der Waals surface area contributed by atoms with Gasteiger partial charge >= 0.3 is 6.09 Å². The molecule has 4 nitrogen and oxygen atoms in total. The van der Waals surface area contributed by atoms with Crippen LogP contribution in [0.3, 0.4) is 0 Å². The molecule has 1 heterocycles. The van der Waals surface area contributed by atoms with E-state index in [0.29, 0.717) is 6.54 Å². The normalized spacial score (nSPS) is 15.8. The van der Waals surface area contributed by atoms with Gasteiger partial charge in [0.2, 0.25) is 0 Å². The molecular weight excluding hydrogens is 228 g/mol. The van der Waals surface area contributed by atoms with Gasteiger partial charge in [0.25, 0.3) is 0 Å². The molecule has 0 unspecified atom stereocenters. The van der Waals surface area contributed by atoms with Crippen molar-refractivity contribution in [2.75, 3.05) is 18.0 Å². The van der Waals surface area contributed by atoms with Crippen LogP contribution in [-0.2, 0) is 11.3 Å². The molecule has 1 amide bonds. The smallest absolute Gasteiger partial charge is 0.414 e. The second-order valence-corrected chi connectivity index (χ2v) is 5.44. The molecule has 1 aromatic rings. The van der Waals surface area contributed by atoms with Crippen LogP contribution in [0.4, 0.5) is 10.5 Å². The highest BCUT2D eigenvalue weighted by molar-refractivity contribution is 5.89. The summed E-state index contributed by atoms with van der Waals surface area (Å²) in [5.74, 6) is 0. The number of fused-ring (bicyclic) bond motifs is 1. The van der Waals surface area contributed by atoms with E-state index >= 15 is 0 Å². The van der Waals surface area contributed by atoms with Gasteiger partial charge in [0.15, 0.2) is 0 Å². The lowest BCUT2D eigenvalue weighted by molar-refractivity contribution is 0.0581. The molecule has 18 heavy (non-hydrogen) atoms. The van der Waals surface area contributed by atoms with Gasteiger partial charge in [-0.2, -0.15) is 0 Å². The van der Waals surface area contributed by atoms with E-state index in [1.807, 2.05) is 45.0 Å². The number of hydrogen-bond donors (Lipinski definition) is 1. The van der Waals surface area contributed by atoms with Crippen LogP contribution < -0.4 is 10.2 Å². The summed E-state index contributed by atoms with van der Waals surface area (Å²) in [5, 5.41) is 3.30. The fourth-order valence-electron chi connectivity index (χ4n) is 1.96. The number of para-hydroxylation sites is 1. The Hall–Kier alpha value is -1.55. The van der Waals surface area contributed by atoms with Crippen molar-refractivity contribution in [3.63, 3.8) is 0 Å². The minimum atomic E-state index is -0.467. The van der Waals surface area contributed by atoms with E-state index in [9.17, 15) is 4.79 Å². The van der Waals surface area contributed by atoms with Crippen LogP contribution in [0.25, 0.3) is 0 Å². The summed E-state index contributed by atoms with van der Waals surface area (Å²) in [6, 6.07) is 7.93. The van der Waals surface area contributed by atoms with Crippen LogP contribution in [0.5, 0.6) is 0 Å². The lowest BCUT2D eigenvalue weighted by atomic mass is 10.1. The molecule has 0 fully saturated rings. The van der Waals surface area contributed by atoms with Gasteiger partial charge in [0, 0.05) is 19.6 Å². The Morgan fingerprint density at radius 2 is 2.06 bits per heavy atom. The number of nitrogens with one attached hydrogen (secondary N) is 1. The molecule has 1 N–H and O–H groups in total. The van der Waals surface area contributed by atoms with Crippen molar-refractivity contribution in [1.82, 2.24) is 5.32 Å². The van der Waals surface area contributed by atoms with Gasteiger partial charge in [0.05, 0.1) is 5.69 Å². The zero-order chi connectivity index (χ0) is 13.2. The summed E-state index contributed by atoms with van der Waals surface area (Å²) >= 11 is 0. The average Bonchev–Trinajstić information content (AvgIpc) is 2.48. The van der Waals surface area contributed by atoms with Gasteiger partial charge in [-0.25, -0.2) is 4.79 Å². The summed E-state index contributed by atoms with van der Waals surface area (Å²) in [6.07, 6.45) is -0.279. The number of rotatable bonds is 0. The lowest BCUT2D eigenvalue weighted by Gasteiger charge is -2.27. The first-order valence-electron chi connectivity index (χ1n) is 6.26. The maximum atomic E-state index is 12.2. The maximum absolute atomic E-state index is 12.2. The van der Waals surface area contributed by atoms with Gasteiger partial charge in [-0.05, 0) is 32.4 Å². The number of benzene rings is 1. The summed E-state index contributed by atoms with van der Waals surface area (Å²) in [7, 11) is 0. The van der Waals surface area contributed by atoms with E-state index in [1.54, 1.807) is 4.90 Å². The van der Waals surface area contributed by atoms with Gasteiger partial charge in [-0.15, -0.1) is 0 Å². The Balaban J connectivity index is 2.25. The second-order valence-electron chi connectivity index (χ2n) is 5.44. The van der Waals surface area contributed by atoms with Crippen LogP contribution in [0.2, 0.25) is 0 Å². The van der Waals surface area contributed by atoms with Crippen LogP contribution >= 0.6 is 0 Å². The van der Waals surface area contributed by atoms with Crippen molar-refractivity contribution >= 4 is 11.8 Å². The minimum Gasteiger partial charge on any atom is -0.443 e. The molecule has 2 rings (SSSR count). The minimum absolute atomic E-state index is 0.279. The van der Waals surface area contributed by atoms with Crippen molar-refractivity contribution in [2.24, 2.45) is 0 Å². The molecule has 0 saturated heterocycles. The lowest BCUT2D eigenvalue weighted by Crippen LogP contribution is -2.39. The van der Waals surface area contributed by atoms with E-state index in [-0.39, 0.29) is 6.09 Å². The number of carbonyl (C=O) groups is 1. The molecular formula is C14H20N2O2.